The third-order valence-corrected chi connectivity index (χ3v) is 9.21. The molecule has 2 N–H and O–H groups in total. The van der Waals surface area contributed by atoms with Gasteiger partial charge in [-0.15, -0.1) is 0 Å². The van der Waals surface area contributed by atoms with Crippen molar-refractivity contribution in [1.29, 1.82) is 0 Å². The molecule has 14 heteroatoms. The largest absolute Gasteiger partial charge is 0.490 e. The molecule has 2 aliphatic heterocycles. The lowest BCUT2D eigenvalue weighted by atomic mass is 10.1. The van der Waals surface area contributed by atoms with Crippen molar-refractivity contribution in [3.63, 3.8) is 0 Å². The van der Waals surface area contributed by atoms with Crippen molar-refractivity contribution in [3.8, 4) is 0 Å². The molecule has 0 aliphatic carbocycles. The van der Waals surface area contributed by atoms with E-state index >= 15 is 0 Å². The zero-order valence-corrected chi connectivity index (χ0v) is 24.6. The summed E-state index contributed by atoms with van der Waals surface area (Å²) in [5.74, 6) is -2.72. The Hall–Kier alpha value is -2.26. The predicted molar refractivity (Wildman–Crippen MR) is 146 cm³/mol. The topological polar surface area (TPSA) is 114 Å². The van der Waals surface area contributed by atoms with Gasteiger partial charge in [0.25, 0.3) is 0 Å². The lowest BCUT2D eigenvalue weighted by Crippen LogP contribution is -2.47. The number of carbonyl (C=O) groups excluding carboxylic acids is 1. The molecule has 2 heterocycles. The van der Waals surface area contributed by atoms with Gasteiger partial charge in [-0.1, -0.05) is 6.07 Å². The number of rotatable bonds is 9. The third kappa shape index (κ3) is 10.3. The van der Waals surface area contributed by atoms with Crippen molar-refractivity contribution in [2.45, 2.75) is 44.7 Å². The van der Waals surface area contributed by atoms with Crippen molar-refractivity contribution in [2.24, 2.45) is 0 Å². The number of piperazine rings is 2. The van der Waals surface area contributed by atoms with Gasteiger partial charge in [0, 0.05) is 71.9 Å². The molecule has 10 nitrogen and oxygen atoms in total. The highest BCUT2D eigenvalue weighted by molar-refractivity contribution is 7.89. The molecular formula is C26H42F3N5O5S. The summed E-state index contributed by atoms with van der Waals surface area (Å²) >= 11 is 0. The average molecular weight is 594 g/mol. The van der Waals surface area contributed by atoms with Crippen LogP contribution in [0.1, 0.15) is 29.5 Å². The number of alkyl halides is 3. The Balaban J connectivity index is 0.000000708. The van der Waals surface area contributed by atoms with E-state index in [4.69, 9.17) is 9.90 Å². The monoisotopic (exact) mass is 593 g/mol. The Morgan fingerprint density at radius 3 is 2.05 bits per heavy atom. The van der Waals surface area contributed by atoms with Crippen LogP contribution in [0.5, 0.6) is 0 Å². The minimum Gasteiger partial charge on any atom is -0.475 e. The van der Waals surface area contributed by atoms with Crippen LogP contribution in [0.2, 0.25) is 0 Å². The van der Waals surface area contributed by atoms with Crippen LogP contribution in [0, 0.1) is 20.8 Å². The first-order valence-corrected chi connectivity index (χ1v) is 14.8. The van der Waals surface area contributed by atoms with Crippen LogP contribution < -0.4 is 5.32 Å². The van der Waals surface area contributed by atoms with E-state index in [-0.39, 0.29) is 18.9 Å². The van der Waals surface area contributed by atoms with Crippen molar-refractivity contribution in [1.82, 2.24) is 24.3 Å². The first kappa shape index (κ1) is 33.9. The molecule has 0 bridgehead atoms. The van der Waals surface area contributed by atoms with Crippen LogP contribution in [0.15, 0.2) is 17.0 Å². The number of likely N-dealkylation sites (N-methyl/N-ethyl adjacent to an activating group) is 1. The van der Waals surface area contributed by atoms with Crippen LogP contribution in [0.3, 0.4) is 0 Å². The fourth-order valence-corrected chi connectivity index (χ4v) is 6.31. The number of sulfonamides is 1. The van der Waals surface area contributed by atoms with Gasteiger partial charge in [0.15, 0.2) is 0 Å². The lowest BCUT2D eigenvalue weighted by molar-refractivity contribution is -0.192. The number of nitrogens with zero attached hydrogens (tertiary/aromatic N) is 4. The molecule has 0 spiro atoms. The highest BCUT2D eigenvalue weighted by Crippen LogP contribution is 2.24. The number of carbonyl (C=O) groups is 2. The van der Waals surface area contributed by atoms with Gasteiger partial charge in [-0.05, 0) is 63.5 Å². The van der Waals surface area contributed by atoms with E-state index in [2.05, 4.69) is 22.2 Å². The van der Waals surface area contributed by atoms with Gasteiger partial charge < -0.3 is 25.1 Å². The van der Waals surface area contributed by atoms with E-state index in [1.165, 1.54) is 0 Å². The number of carboxylic acids is 1. The Kier molecular flexibility index (Phi) is 12.8. The molecule has 1 aromatic carbocycles. The number of carboxylic acid groups (broad SMARTS) is 1. The Morgan fingerprint density at radius 1 is 0.950 bits per heavy atom. The summed E-state index contributed by atoms with van der Waals surface area (Å²) in [4.78, 5) is 28.6. The summed E-state index contributed by atoms with van der Waals surface area (Å²) in [5.41, 5.74) is 2.81. The van der Waals surface area contributed by atoms with E-state index < -0.39 is 22.2 Å². The average Bonchev–Trinajstić information content (AvgIpc) is 2.89. The molecular weight excluding hydrogens is 551 g/mol. The molecule has 3 rings (SSSR count). The molecule has 2 fully saturated rings. The minimum atomic E-state index is -5.08. The summed E-state index contributed by atoms with van der Waals surface area (Å²) in [7, 11) is -1.55. The second kappa shape index (κ2) is 15.1. The van der Waals surface area contributed by atoms with Crippen molar-refractivity contribution in [2.75, 3.05) is 79.0 Å². The summed E-state index contributed by atoms with van der Waals surface area (Å²) < 4.78 is 60.7. The molecule has 1 aromatic rings. The molecule has 228 valence electrons. The lowest BCUT2D eigenvalue weighted by Gasteiger charge is -2.33. The number of nitrogens with one attached hydrogen (secondary N) is 1. The normalized spacial score (nSPS) is 17.4. The fourth-order valence-electron chi connectivity index (χ4n) is 4.54. The maximum Gasteiger partial charge on any atom is 0.490 e. The molecule has 0 unspecified atom stereocenters. The van der Waals surface area contributed by atoms with Gasteiger partial charge in [0.2, 0.25) is 15.9 Å². The number of benzene rings is 1. The molecule has 0 saturated carbocycles. The number of aliphatic carboxylic acids is 1. The maximum absolute atomic E-state index is 13.7. The smallest absolute Gasteiger partial charge is 0.475 e. The molecule has 2 saturated heterocycles. The predicted octanol–water partition coefficient (Wildman–Crippen LogP) is 1.70. The van der Waals surface area contributed by atoms with Crippen molar-refractivity contribution < 1.29 is 36.3 Å². The first-order chi connectivity index (χ1) is 18.6. The van der Waals surface area contributed by atoms with E-state index in [9.17, 15) is 26.4 Å². The van der Waals surface area contributed by atoms with Crippen LogP contribution in [0.4, 0.5) is 13.2 Å². The summed E-state index contributed by atoms with van der Waals surface area (Å²) in [6.07, 6.45) is -4.10. The van der Waals surface area contributed by atoms with Gasteiger partial charge in [-0.3, -0.25) is 4.79 Å². The number of hydrogen-bond donors (Lipinski definition) is 2. The SMILES string of the molecule is Cc1cc(C)c(S(=O)(=O)N(CCCN2CCN(C)CC2)CCC(=O)N2CCNCC2)cc1C.O=C(O)C(F)(F)F. The van der Waals surface area contributed by atoms with E-state index in [0.29, 0.717) is 24.5 Å². The molecule has 1 amide bonds. The quantitative estimate of drug-likeness (QED) is 0.445. The molecule has 40 heavy (non-hydrogen) atoms. The van der Waals surface area contributed by atoms with Gasteiger partial charge in [-0.2, -0.15) is 17.5 Å². The van der Waals surface area contributed by atoms with Gasteiger partial charge in [0.1, 0.15) is 0 Å². The zero-order valence-electron chi connectivity index (χ0n) is 23.8. The summed E-state index contributed by atoms with van der Waals surface area (Å²) in [5, 5.41) is 10.4. The highest BCUT2D eigenvalue weighted by atomic mass is 32.2. The molecule has 2 aliphatic rings. The van der Waals surface area contributed by atoms with E-state index in [1.807, 2.05) is 31.7 Å². The van der Waals surface area contributed by atoms with Gasteiger partial charge in [0.05, 0.1) is 4.90 Å². The third-order valence-electron chi connectivity index (χ3n) is 7.17. The number of halogens is 3. The van der Waals surface area contributed by atoms with Crippen LogP contribution in [0.25, 0.3) is 0 Å². The summed E-state index contributed by atoms with van der Waals surface area (Å²) in [6, 6.07) is 3.72. The van der Waals surface area contributed by atoms with Gasteiger partial charge >= 0.3 is 12.1 Å². The first-order valence-electron chi connectivity index (χ1n) is 13.4. The van der Waals surface area contributed by atoms with Crippen molar-refractivity contribution >= 4 is 21.9 Å². The molecule has 0 aromatic heterocycles. The summed E-state index contributed by atoms with van der Waals surface area (Å²) in [6.45, 7) is 14.4. The zero-order chi connectivity index (χ0) is 30.1. The highest BCUT2D eigenvalue weighted by Gasteiger charge is 2.38. The standard InChI is InChI=1S/C24H41N5O3S.C2HF3O2/c1-20-18-22(3)23(19-21(20)2)33(31,32)29(10-5-9-27-16-14-26(4)15-17-27)11-6-24(30)28-12-7-25-8-13-28;3-2(4,5)1(6)7/h18-19,25H,5-17H2,1-4H3;(H,6,7). The van der Waals surface area contributed by atoms with Crippen LogP contribution in [-0.4, -0.2) is 130 Å². The van der Waals surface area contributed by atoms with Crippen LogP contribution in [-0.2, 0) is 19.6 Å². The number of hydrogen-bond acceptors (Lipinski definition) is 7. The van der Waals surface area contributed by atoms with E-state index in [1.54, 1.807) is 10.4 Å². The van der Waals surface area contributed by atoms with E-state index in [0.717, 1.165) is 68.9 Å². The second-order valence-electron chi connectivity index (χ2n) is 10.3. The molecule has 0 radical (unpaired) electrons. The maximum atomic E-state index is 13.7. The molecule has 0 atom stereocenters. The van der Waals surface area contributed by atoms with Gasteiger partial charge in [-0.25, -0.2) is 13.2 Å². The Labute approximate surface area is 235 Å². The Bertz CT molecular complexity index is 1100. The number of amides is 1. The number of aryl methyl sites for hydroxylation is 3. The van der Waals surface area contributed by atoms with Crippen molar-refractivity contribution in [3.05, 3.63) is 28.8 Å². The minimum absolute atomic E-state index is 0.0348. The van der Waals surface area contributed by atoms with Crippen LogP contribution >= 0.6 is 0 Å². The second-order valence-corrected chi connectivity index (χ2v) is 12.2. The fraction of sp³-hybridized carbons (Fsp3) is 0.692. The Morgan fingerprint density at radius 2 is 1.50 bits per heavy atom.